The Morgan fingerprint density at radius 1 is 1.50 bits per heavy atom. The van der Waals surface area contributed by atoms with Gasteiger partial charge in [0.15, 0.2) is 0 Å². The van der Waals surface area contributed by atoms with Crippen molar-refractivity contribution in [2.75, 3.05) is 13.1 Å². The molecule has 3 atom stereocenters. The lowest BCUT2D eigenvalue weighted by Gasteiger charge is -2.18. The first-order chi connectivity index (χ1) is 6.47. The maximum Gasteiger partial charge on any atom is 0.222 e. The molecular weight excluding hydrogens is 178 g/mol. The number of carbonyl (C=O) groups excluding carboxylic acids is 1. The second kappa shape index (κ2) is 3.21. The molecule has 0 aromatic carbocycles. The van der Waals surface area contributed by atoms with E-state index in [2.05, 4.69) is 10.6 Å². The predicted molar refractivity (Wildman–Crippen MR) is 54.7 cm³/mol. The molecule has 0 aromatic rings. The molecule has 80 valence electrons. The molecule has 14 heavy (non-hydrogen) atoms. The summed E-state index contributed by atoms with van der Waals surface area (Å²) in [6.45, 7) is 5.87. The second-order valence-corrected chi connectivity index (χ2v) is 5.24. The lowest BCUT2D eigenvalue weighted by molar-refractivity contribution is -0.122. The second-order valence-electron chi connectivity index (χ2n) is 5.24. The summed E-state index contributed by atoms with van der Waals surface area (Å²) >= 11 is 0. The maximum atomic E-state index is 11.5. The Kier molecular flexibility index (Phi) is 2.27. The van der Waals surface area contributed by atoms with Gasteiger partial charge in [-0.3, -0.25) is 4.79 Å². The van der Waals surface area contributed by atoms with Gasteiger partial charge in [0, 0.05) is 31.1 Å². The highest BCUT2D eigenvalue weighted by molar-refractivity contribution is 5.78. The third-order valence-electron chi connectivity index (χ3n) is 3.04. The van der Waals surface area contributed by atoms with Crippen LogP contribution in [0.15, 0.2) is 0 Å². The van der Waals surface area contributed by atoms with Crippen LogP contribution in [0, 0.1) is 11.8 Å². The summed E-state index contributed by atoms with van der Waals surface area (Å²) < 4.78 is 0. The van der Waals surface area contributed by atoms with Crippen LogP contribution in [0.25, 0.3) is 0 Å². The van der Waals surface area contributed by atoms with Gasteiger partial charge in [-0.2, -0.15) is 0 Å². The van der Waals surface area contributed by atoms with E-state index in [4.69, 9.17) is 5.73 Å². The van der Waals surface area contributed by atoms with Crippen molar-refractivity contribution in [1.82, 2.24) is 10.6 Å². The number of piperidine rings is 1. The minimum atomic E-state index is -0.396. The van der Waals surface area contributed by atoms with Gasteiger partial charge in [0.1, 0.15) is 0 Å². The molecule has 1 saturated carbocycles. The molecule has 0 radical (unpaired) electrons. The number of hydrogen-bond acceptors (Lipinski definition) is 3. The zero-order valence-corrected chi connectivity index (χ0v) is 8.84. The molecule has 4 N–H and O–H groups in total. The molecule has 4 heteroatoms. The number of rotatable bonds is 3. The Bertz CT molecular complexity index is 236. The fourth-order valence-corrected chi connectivity index (χ4v) is 2.28. The lowest BCUT2D eigenvalue weighted by atomic mass is 10.0. The molecule has 1 heterocycles. The van der Waals surface area contributed by atoms with Gasteiger partial charge in [-0.15, -0.1) is 0 Å². The Morgan fingerprint density at radius 3 is 2.57 bits per heavy atom. The number of fused-ring (bicyclic) bond motifs is 1. The highest BCUT2D eigenvalue weighted by Gasteiger charge is 2.53. The summed E-state index contributed by atoms with van der Waals surface area (Å²) in [6.07, 6.45) is 0.413. The van der Waals surface area contributed by atoms with Crippen LogP contribution >= 0.6 is 0 Å². The lowest BCUT2D eigenvalue weighted by Crippen LogP contribution is -2.41. The first kappa shape index (κ1) is 9.93. The minimum absolute atomic E-state index is 0.0944. The molecule has 1 saturated heterocycles. The normalized spacial score (nSPS) is 35.2. The van der Waals surface area contributed by atoms with Crippen LogP contribution in [-0.4, -0.2) is 30.6 Å². The van der Waals surface area contributed by atoms with E-state index in [1.54, 1.807) is 0 Å². The molecule has 1 amide bonds. The van der Waals surface area contributed by atoms with Crippen LogP contribution in [0.1, 0.15) is 20.3 Å². The van der Waals surface area contributed by atoms with Gasteiger partial charge in [0.25, 0.3) is 0 Å². The quantitative estimate of drug-likeness (QED) is 0.568. The van der Waals surface area contributed by atoms with Gasteiger partial charge in [0.2, 0.25) is 5.91 Å². The monoisotopic (exact) mass is 197 g/mol. The van der Waals surface area contributed by atoms with Crippen molar-refractivity contribution in [1.29, 1.82) is 0 Å². The Hall–Kier alpha value is -0.610. The number of nitrogens with two attached hydrogens (primary N) is 1. The zero-order valence-electron chi connectivity index (χ0n) is 8.84. The highest BCUT2D eigenvalue weighted by Crippen LogP contribution is 2.41. The maximum absolute atomic E-state index is 11.5. The number of amides is 1. The van der Waals surface area contributed by atoms with Crippen molar-refractivity contribution < 1.29 is 4.79 Å². The molecular formula is C10H19N3O. The van der Waals surface area contributed by atoms with Crippen molar-refractivity contribution in [3.8, 4) is 0 Å². The summed E-state index contributed by atoms with van der Waals surface area (Å²) in [5.74, 6) is 1.46. The van der Waals surface area contributed by atoms with Crippen LogP contribution in [0.3, 0.4) is 0 Å². The van der Waals surface area contributed by atoms with E-state index in [9.17, 15) is 4.79 Å². The fraction of sp³-hybridized carbons (Fsp3) is 0.900. The molecule has 1 aliphatic heterocycles. The van der Waals surface area contributed by atoms with Gasteiger partial charge < -0.3 is 16.4 Å². The molecule has 0 spiro atoms. The minimum Gasteiger partial charge on any atom is -0.353 e. The number of nitrogens with one attached hydrogen (secondary N) is 2. The topological polar surface area (TPSA) is 67.2 Å². The largest absolute Gasteiger partial charge is 0.353 e. The average molecular weight is 197 g/mol. The molecule has 2 aliphatic rings. The molecule has 2 rings (SSSR count). The van der Waals surface area contributed by atoms with Gasteiger partial charge in [-0.1, -0.05) is 0 Å². The van der Waals surface area contributed by atoms with E-state index in [0.717, 1.165) is 13.1 Å². The van der Waals surface area contributed by atoms with Gasteiger partial charge >= 0.3 is 0 Å². The summed E-state index contributed by atoms with van der Waals surface area (Å²) in [6, 6.07) is 0.422. The van der Waals surface area contributed by atoms with E-state index in [1.165, 1.54) is 0 Å². The fourth-order valence-electron chi connectivity index (χ4n) is 2.28. The van der Waals surface area contributed by atoms with Gasteiger partial charge in [-0.25, -0.2) is 0 Å². The molecule has 4 nitrogen and oxygen atoms in total. The van der Waals surface area contributed by atoms with Gasteiger partial charge in [0.05, 0.1) is 0 Å². The number of carbonyl (C=O) groups is 1. The van der Waals surface area contributed by atoms with Crippen LogP contribution in [0.5, 0.6) is 0 Å². The van der Waals surface area contributed by atoms with Crippen LogP contribution in [0.4, 0.5) is 0 Å². The first-order valence-corrected chi connectivity index (χ1v) is 5.26. The Morgan fingerprint density at radius 2 is 2.07 bits per heavy atom. The van der Waals surface area contributed by atoms with E-state index in [-0.39, 0.29) is 5.91 Å². The van der Waals surface area contributed by atoms with E-state index < -0.39 is 5.54 Å². The zero-order chi connectivity index (χ0) is 10.3. The molecule has 1 aliphatic carbocycles. The summed E-state index contributed by atoms with van der Waals surface area (Å²) in [4.78, 5) is 11.5. The van der Waals surface area contributed by atoms with Crippen LogP contribution < -0.4 is 16.4 Å². The van der Waals surface area contributed by atoms with E-state index >= 15 is 0 Å². The average Bonchev–Trinajstić information content (AvgIpc) is 2.50. The summed E-state index contributed by atoms with van der Waals surface area (Å²) in [5.41, 5.74) is 5.38. The predicted octanol–water partition coefficient (Wildman–Crippen LogP) is -0.552. The molecule has 1 unspecified atom stereocenters. The van der Waals surface area contributed by atoms with Crippen molar-refractivity contribution in [3.05, 3.63) is 0 Å². The SMILES string of the molecule is CC(C)(N)CC(=O)NC1[C@H]2CNC[C@@H]12. The Balaban J connectivity index is 1.74. The van der Waals surface area contributed by atoms with Crippen LogP contribution in [0.2, 0.25) is 0 Å². The Labute approximate surface area is 84.6 Å². The molecule has 0 bridgehead atoms. The van der Waals surface area contributed by atoms with E-state index in [0.29, 0.717) is 24.3 Å². The standard InChI is InChI=1S/C10H19N3O/c1-10(2,11)3-8(14)13-9-6-4-12-5-7(6)9/h6-7,9,12H,3-5,11H2,1-2H3,(H,13,14)/t6-,7+,9?. The van der Waals surface area contributed by atoms with Crippen molar-refractivity contribution in [2.45, 2.75) is 31.8 Å². The third kappa shape index (κ3) is 2.07. The third-order valence-corrected chi connectivity index (χ3v) is 3.04. The number of hydrogen-bond donors (Lipinski definition) is 3. The van der Waals surface area contributed by atoms with E-state index in [1.807, 2.05) is 13.8 Å². The molecule has 2 fully saturated rings. The first-order valence-electron chi connectivity index (χ1n) is 5.26. The van der Waals surface area contributed by atoms with Crippen LogP contribution in [-0.2, 0) is 4.79 Å². The van der Waals surface area contributed by atoms with Gasteiger partial charge in [-0.05, 0) is 25.7 Å². The van der Waals surface area contributed by atoms with Crippen molar-refractivity contribution in [3.63, 3.8) is 0 Å². The van der Waals surface area contributed by atoms with Crippen molar-refractivity contribution >= 4 is 5.91 Å². The summed E-state index contributed by atoms with van der Waals surface area (Å²) in [5, 5.41) is 6.35. The summed E-state index contributed by atoms with van der Waals surface area (Å²) in [7, 11) is 0. The highest BCUT2D eigenvalue weighted by atomic mass is 16.1. The smallest absolute Gasteiger partial charge is 0.222 e. The molecule has 0 aromatic heterocycles. The van der Waals surface area contributed by atoms with Crippen molar-refractivity contribution in [2.24, 2.45) is 17.6 Å².